The van der Waals surface area contributed by atoms with Crippen LogP contribution in [0.4, 0.5) is 17.1 Å². The SMILES string of the molecule is CCNC(=O)c1cc(N)ccc1Nc1cc(OC)ccc1OC. The minimum absolute atomic E-state index is 0.191. The standard InChI is InChI=1S/C17H21N3O3/c1-4-19-17(21)13-9-11(18)5-7-14(13)20-15-10-12(22-2)6-8-16(15)23-3/h5-10,20H,4,18H2,1-3H3,(H,19,21). The Morgan fingerprint density at radius 3 is 2.52 bits per heavy atom. The number of nitrogens with two attached hydrogens (primary N) is 1. The molecular weight excluding hydrogens is 294 g/mol. The quantitative estimate of drug-likeness (QED) is 0.714. The summed E-state index contributed by atoms with van der Waals surface area (Å²) in [5.41, 5.74) is 8.13. The van der Waals surface area contributed by atoms with Gasteiger partial charge in [-0.1, -0.05) is 0 Å². The molecule has 0 aromatic heterocycles. The summed E-state index contributed by atoms with van der Waals surface area (Å²) in [6.07, 6.45) is 0. The van der Waals surface area contributed by atoms with Crippen LogP contribution in [0.3, 0.4) is 0 Å². The van der Waals surface area contributed by atoms with Gasteiger partial charge in [-0.05, 0) is 37.3 Å². The summed E-state index contributed by atoms with van der Waals surface area (Å²) < 4.78 is 10.6. The van der Waals surface area contributed by atoms with Crippen LogP contribution in [0.25, 0.3) is 0 Å². The lowest BCUT2D eigenvalue weighted by Crippen LogP contribution is -2.23. The maximum atomic E-state index is 12.2. The molecule has 0 bridgehead atoms. The number of amides is 1. The van der Waals surface area contributed by atoms with E-state index in [4.69, 9.17) is 15.2 Å². The molecule has 0 saturated heterocycles. The molecule has 0 aliphatic carbocycles. The van der Waals surface area contributed by atoms with E-state index in [2.05, 4.69) is 10.6 Å². The molecule has 0 aliphatic rings. The van der Waals surface area contributed by atoms with Crippen molar-refractivity contribution < 1.29 is 14.3 Å². The molecule has 0 spiro atoms. The lowest BCUT2D eigenvalue weighted by atomic mass is 10.1. The van der Waals surface area contributed by atoms with Crippen molar-refractivity contribution >= 4 is 23.0 Å². The first kappa shape index (κ1) is 16.5. The largest absolute Gasteiger partial charge is 0.497 e. The van der Waals surface area contributed by atoms with Crippen LogP contribution >= 0.6 is 0 Å². The van der Waals surface area contributed by atoms with E-state index in [0.29, 0.717) is 40.7 Å². The van der Waals surface area contributed by atoms with Gasteiger partial charge in [-0.25, -0.2) is 0 Å². The fourth-order valence-electron chi connectivity index (χ4n) is 2.17. The fourth-order valence-corrected chi connectivity index (χ4v) is 2.17. The van der Waals surface area contributed by atoms with Crippen LogP contribution in [0.2, 0.25) is 0 Å². The zero-order valence-corrected chi connectivity index (χ0v) is 13.5. The Balaban J connectivity index is 2.42. The van der Waals surface area contributed by atoms with E-state index < -0.39 is 0 Å². The Hall–Kier alpha value is -2.89. The molecule has 4 N–H and O–H groups in total. The van der Waals surface area contributed by atoms with Crippen LogP contribution in [0.5, 0.6) is 11.5 Å². The summed E-state index contributed by atoms with van der Waals surface area (Å²) in [6.45, 7) is 2.40. The van der Waals surface area contributed by atoms with Gasteiger partial charge in [-0.3, -0.25) is 4.79 Å². The Morgan fingerprint density at radius 2 is 1.87 bits per heavy atom. The number of hydrogen-bond donors (Lipinski definition) is 3. The Bertz CT molecular complexity index is 701. The summed E-state index contributed by atoms with van der Waals surface area (Å²) in [7, 11) is 3.18. The zero-order chi connectivity index (χ0) is 16.8. The van der Waals surface area contributed by atoms with Crippen molar-refractivity contribution in [1.29, 1.82) is 0 Å². The Morgan fingerprint density at radius 1 is 1.09 bits per heavy atom. The molecule has 2 aromatic carbocycles. The van der Waals surface area contributed by atoms with E-state index in [1.807, 2.05) is 6.92 Å². The van der Waals surface area contributed by atoms with E-state index in [0.717, 1.165) is 0 Å². The van der Waals surface area contributed by atoms with Gasteiger partial charge < -0.3 is 25.8 Å². The number of carbonyl (C=O) groups is 1. The molecule has 6 nitrogen and oxygen atoms in total. The second-order valence-corrected chi connectivity index (χ2v) is 4.86. The molecule has 23 heavy (non-hydrogen) atoms. The molecule has 0 atom stereocenters. The maximum absolute atomic E-state index is 12.2. The van der Waals surface area contributed by atoms with E-state index in [1.165, 1.54) is 0 Å². The summed E-state index contributed by atoms with van der Waals surface area (Å²) >= 11 is 0. The number of rotatable bonds is 6. The summed E-state index contributed by atoms with van der Waals surface area (Å²) in [6, 6.07) is 10.5. The number of methoxy groups -OCH3 is 2. The van der Waals surface area contributed by atoms with Crippen molar-refractivity contribution in [2.45, 2.75) is 6.92 Å². The first-order valence-corrected chi connectivity index (χ1v) is 7.25. The summed E-state index contributed by atoms with van der Waals surface area (Å²) in [4.78, 5) is 12.2. The molecule has 0 saturated carbocycles. The second-order valence-electron chi connectivity index (χ2n) is 4.86. The molecule has 0 heterocycles. The molecule has 122 valence electrons. The monoisotopic (exact) mass is 315 g/mol. The van der Waals surface area contributed by atoms with Gasteiger partial charge in [0.15, 0.2) is 0 Å². The highest BCUT2D eigenvalue weighted by atomic mass is 16.5. The fraction of sp³-hybridized carbons (Fsp3) is 0.235. The van der Waals surface area contributed by atoms with Gasteiger partial charge in [0.25, 0.3) is 5.91 Å². The number of benzene rings is 2. The third-order valence-corrected chi connectivity index (χ3v) is 3.30. The van der Waals surface area contributed by atoms with Crippen LogP contribution in [0.15, 0.2) is 36.4 Å². The first-order valence-electron chi connectivity index (χ1n) is 7.25. The molecule has 6 heteroatoms. The van der Waals surface area contributed by atoms with Gasteiger partial charge in [0.2, 0.25) is 0 Å². The lowest BCUT2D eigenvalue weighted by Gasteiger charge is -2.16. The smallest absolute Gasteiger partial charge is 0.253 e. The molecule has 0 radical (unpaired) electrons. The summed E-state index contributed by atoms with van der Waals surface area (Å²) in [5.74, 6) is 1.14. The van der Waals surface area contributed by atoms with Crippen molar-refractivity contribution in [2.24, 2.45) is 0 Å². The van der Waals surface area contributed by atoms with Crippen LogP contribution in [-0.4, -0.2) is 26.7 Å². The summed E-state index contributed by atoms with van der Waals surface area (Å²) in [5, 5.41) is 5.99. The van der Waals surface area contributed by atoms with E-state index in [9.17, 15) is 4.79 Å². The van der Waals surface area contributed by atoms with Gasteiger partial charge >= 0.3 is 0 Å². The lowest BCUT2D eigenvalue weighted by molar-refractivity contribution is 0.0956. The molecule has 2 rings (SSSR count). The Labute approximate surface area is 135 Å². The minimum atomic E-state index is -0.191. The van der Waals surface area contributed by atoms with Gasteiger partial charge in [-0.15, -0.1) is 0 Å². The number of nitrogen functional groups attached to an aromatic ring is 1. The Kier molecular flexibility index (Phi) is 5.30. The van der Waals surface area contributed by atoms with Gasteiger partial charge in [0.05, 0.1) is 31.2 Å². The average Bonchev–Trinajstić information content (AvgIpc) is 2.56. The molecule has 0 unspecified atom stereocenters. The predicted octanol–water partition coefficient (Wildman–Crippen LogP) is 2.78. The molecule has 0 fully saturated rings. The van der Waals surface area contributed by atoms with Gasteiger partial charge in [-0.2, -0.15) is 0 Å². The highest BCUT2D eigenvalue weighted by Crippen LogP contribution is 2.33. The van der Waals surface area contributed by atoms with E-state index in [-0.39, 0.29) is 5.91 Å². The van der Waals surface area contributed by atoms with Crippen molar-refractivity contribution in [2.75, 3.05) is 31.8 Å². The molecule has 2 aromatic rings. The van der Waals surface area contributed by atoms with Crippen molar-refractivity contribution in [3.8, 4) is 11.5 Å². The molecule has 1 amide bonds. The van der Waals surface area contributed by atoms with Gasteiger partial charge in [0, 0.05) is 18.3 Å². The molecule has 0 aliphatic heterocycles. The number of anilines is 3. The van der Waals surface area contributed by atoms with Gasteiger partial charge in [0.1, 0.15) is 11.5 Å². The highest BCUT2D eigenvalue weighted by Gasteiger charge is 2.13. The van der Waals surface area contributed by atoms with Crippen LogP contribution in [0, 0.1) is 0 Å². The number of carbonyl (C=O) groups excluding carboxylic acids is 1. The third-order valence-electron chi connectivity index (χ3n) is 3.30. The van der Waals surface area contributed by atoms with Crippen LogP contribution in [0.1, 0.15) is 17.3 Å². The van der Waals surface area contributed by atoms with Crippen molar-refractivity contribution in [3.63, 3.8) is 0 Å². The predicted molar refractivity (Wildman–Crippen MR) is 91.7 cm³/mol. The topological polar surface area (TPSA) is 85.6 Å². The van der Waals surface area contributed by atoms with Crippen LogP contribution < -0.4 is 25.8 Å². The van der Waals surface area contributed by atoms with E-state index >= 15 is 0 Å². The zero-order valence-electron chi connectivity index (χ0n) is 13.5. The minimum Gasteiger partial charge on any atom is -0.497 e. The first-order chi connectivity index (χ1) is 11.1. The number of nitrogens with one attached hydrogen (secondary N) is 2. The second kappa shape index (κ2) is 7.40. The van der Waals surface area contributed by atoms with E-state index in [1.54, 1.807) is 50.6 Å². The number of hydrogen-bond acceptors (Lipinski definition) is 5. The average molecular weight is 315 g/mol. The highest BCUT2D eigenvalue weighted by molar-refractivity contribution is 6.01. The van der Waals surface area contributed by atoms with Crippen molar-refractivity contribution in [3.05, 3.63) is 42.0 Å². The molecular formula is C17H21N3O3. The maximum Gasteiger partial charge on any atom is 0.253 e. The third kappa shape index (κ3) is 3.85. The normalized spacial score (nSPS) is 10.0. The van der Waals surface area contributed by atoms with Crippen molar-refractivity contribution in [1.82, 2.24) is 5.32 Å². The number of ether oxygens (including phenoxy) is 2. The van der Waals surface area contributed by atoms with Crippen LogP contribution in [-0.2, 0) is 0 Å².